The normalized spacial score (nSPS) is 14.1. The summed E-state index contributed by atoms with van der Waals surface area (Å²) in [4.78, 5) is 40.3. The first-order chi connectivity index (χ1) is 12.5. The number of fused-ring (bicyclic) bond motifs is 3. The zero-order chi connectivity index (χ0) is 18.3. The zero-order valence-electron chi connectivity index (χ0n) is 14.7. The summed E-state index contributed by atoms with van der Waals surface area (Å²) in [7, 11) is 0. The van der Waals surface area contributed by atoms with Crippen molar-refractivity contribution in [3.63, 3.8) is 0 Å². The molecule has 134 valence electrons. The predicted molar refractivity (Wildman–Crippen MR) is 100 cm³/mol. The number of amides is 1. The van der Waals surface area contributed by atoms with Crippen LogP contribution in [0.15, 0.2) is 17.2 Å². The van der Waals surface area contributed by atoms with Gasteiger partial charge in [-0.2, -0.15) is 0 Å². The van der Waals surface area contributed by atoms with Crippen LogP contribution in [0.3, 0.4) is 0 Å². The molecule has 26 heavy (non-hydrogen) atoms. The van der Waals surface area contributed by atoms with E-state index in [1.807, 2.05) is 0 Å². The second-order valence-electron chi connectivity index (χ2n) is 6.53. The van der Waals surface area contributed by atoms with Crippen molar-refractivity contribution in [2.75, 3.05) is 5.43 Å². The molecule has 1 amide bonds. The molecule has 3 heterocycles. The average molecular weight is 369 g/mol. The molecular weight excluding hydrogens is 350 g/mol. The topological polar surface area (TPSA) is 89.8 Å². The third kappa shape index (κ3) is 2.90. The van der Waals surface area contributed by atoms with Gasteiger partial charge in [-0.3, -0.25) is 20.0 Å². The lowest BCUT2D eigenvalue weighted by Gasteiger charge is -2.11. The van der Waals surface area contributed by atoms with Gasteiger partial charge in [0.1, 0.15) is 16.3 Å². The maximum absolute atomic E-state index is 13.1. The van der Waals surface area contributed by atoms with Gasteiger partial charge in [0, 0.05) is 11.1 Å². The number of aromatic nitrogens is 4. The van der Waals surface area contributed by atoms with E-state index in [4.69, 9.17) is 0 Å². The Kier molecular flexibility index (Phi) is 4.28. The van der Waals surface area contributed by atoms with Crippen LogP contribution in [0.1, 0.15) is 51.7 Å². The van der Waals surface area contributed by atoms with Crippen molar-refractivity contribution in [3.8, 4) is 0 Å². The first kappa shape index (κ1) is 16.8. The molecule has 3 aromatic heterocycles. The molecule has 0 radical (unpaired) electrons. The summed E-state index contributed by atoms with van der Waals surface area (Å²) in [5.41, 5.74) is 4.39. The molecular formula is C18H19N5O2S. The number of nitrogens with zero attached hydrogens (tertiary/aromatic N) is 4. The first-order valence-corrected chi connectivity index (χ1v) is 9.50. The number of aryl methyl sites for hydroxylation is 4. The van der Waals surface area contributed by atoms with Crippen LogP contribution in [0.4, 0.5) is 0 Å². The molecule has 0 atom stereocenters. The fourth-order valence-electron chi connectivity index (χ4n) is 3.28. The molecule has 1 aliphatic rings. The summed E-state index contributed by atoms with van der Waals surface area (Å²) < 4.78 is 1.23. The van der Waals surface area contributed by atoms with Crippen LogP contribution in [0.25, 0.3) is 10.2 Å². The predicted octanol–water partition coefficient (Wildman–Crippen LogP) is 2.52. The molecule has 0 saturated carbocycles. The molecule has 7 nitrogen and oxygen atoms in total. The second-order valence-corrected chi connectivity index (χ2v) is 7.61. The molecule has 0 spiro atoms. The standard InChI is InChI=1S/C18H19N5O2S/c1-10-8-20-13(9-19-10)16(24)22-23-11(2)21-17-15(18(23)25)12-6-4-3-5-7-14(12)26-17/h8-9H,3-7H2,1-2H3,(H,22,24). The van der Waals surface area contributed by atoms with Gasteiger partial charge in [0.2, 0.25) is 0 Å². The lowest BCUT2D eigenvalue weighted by molar-refractivity contribution is 0.100. The maximum Gasteiger partial charge on any atom is 0.290 e. The molecule has 4 rings (SSSR count). The van der Waals surface area contributed by atoms with E-state index < -0.39 is 5.91 Å². The van der Waals surface area contributed by atoms with Gasteiger partial charge in [0.05, 0.1) is 17.3 Å². The lowest BCUT2D eigenvalue weighted by atomic mass is 10.1. The summed E-state index contributed by atoms with van der Waals surface area (Å²) in [6.07, 6.45) is 8.22. The van der Waals surface area contributed by atoms with Crippen LogP contribution in [0.5, 0.6) is 0 Å². The second kappa shape index (κ2) is 6.60. The Morgan fingerprint density at radius 2 is 1.96 bits per heavy atom. The molecule has 8 heteroatoms. The molecule has 1 aliphatic carbocycles. The molecule has 0 unspecified atom stereocenters. The van der Waals surface area contributed by atoms with Crippen LogP contribution in [0, 0.1) is 13.8 Å². The summed E-state index contributed by atoms with van der Waals surface area (Å²) in [5, 5.41) is 0.646. The van der Waals surface area contributed by atoms with Crippen LogP contribution in [-0.2, 0) is 12.8 Å². The van der Waals surface area contributed by atoms with Gasteiger partial charge < -0.3 is 0 Å². The maximum atomic E-state index is 13.1. The van der Waals surface area contributed by atoms with Crippen molar-refractivity contribution in [2.24, 2.45) is 0 Å². The summed E-state index contributed by atoms with van der Waals surface area (Å²) in [5.74, 6) is -0.0301. The summed E-state index contributed by atoms with van der Waals surface area (Å²) >= 11 is 1.61. The van der Waals surface area contributed by atoms with Crippen molar-refractivity contribution in [1.29, 1.82) is 0 Å². The molecule has 0 saturated heterocycles. The van der Waals surface area contributed by atoms with Crippen molar-refractivity contribution in [2.45, 2.75) is 46.0 Å². The van der Waals surface area contributed by atoms with E-state index in [0.717, 1.165) is 41.8 Å². The monoisotopic (exact) mass is 369 g/mol. The quantitative estimate of drug-likeness (QED) is 0.701. The van der Waals surface area contributed by atoms with Crippen molar-refractivity contribution in [1.82, 2.24) is 19.6 Å². The molecule has 0 aromatic carbocycles. The third-order valence-corrected chi connectivity index (χ3v) is 5.82. The lowest BCUT2D eigenvalue weighted by Crippen LogP contribution is -2.36. The molecule has 3 aromatic rings. The number of rotatable bonds is 2. The van der Waals surface area contributed by atoms with Gasteiger partial charge in [-0.25, -0.2) is 14.6 Å². The SMILES string of the molecule is Cc1cnc(C(=O)Nn2c(C)nc3sc4c(c3c2=O)CCCCC4)cn1. The highest BCUT2D eigenvalue weighted by atomic mass is 32.1. The van der Waals surface area contributed by atoms with E-state index in [0.29, 0.717) is 11.2 Å². The number of nitrogens with one attached hydrogen (secondary N) is 1. The van der Waals surface area contributed by atoms with E-state index in [1.165, 1.54) is 28.4 Å². The average Bonchev–Trinajstić information content (AvgIpc) is 2.80. The highest BCUT2D eigenvalue weighted by molar-refractivity contribution is 7.18. The smallest absolute Gasteiger partial charge is 0.267 e. The largest absolute Gasteiger partial charge is 0.290 e. The van der Waals surface area contributed by atoms with Crippen LogP contribution < -0.4 is 11.0 Å². The zero-order valence-corrected chi connectivity index (χ0v) is 15.5. The van der Waals surface area contributed by atoms with Gasteiger partial charge in [0.25, 0.3) is 11.5 Å². The minimum absolute atomic E-state index is 0.158. The number of carbonyl (C=O) groups excluding carboxylic acids is 1. The van der Waals surface area contributed by atoms with Crippen LogP contribution in [0.2, 0.25) is 0 Å². The Morgan fingerprint density at radius 3 is 2.73 bits per heavy atom. The fourth-order valence-corrected chi connectivity index (χ4v) is 4.58. The molecule has 0 fully saturated rings. The minimum Gasteiger partial charge on any atom is -0.267 e. The fraction of sp³-hybridized carbons (Fsp3) is 0.389. The van der Waals surface area contributed by atoms with E-state index >= 15 is 0 Å². The van der Waals surface area contributed by atoms with Crippen molar-refractivity contribution in [3.05, 3.63) is 50.4 Å². The Hall–Kier alpha value is -2.61. The first-order valence-electron chi connectivity index (χ1n) is 8.68. The van der Waals surface area contributed by atoms with Crippen LogP contribution >= 0.6 is 11.3 Å². The summed E-state index contributed by atoms with van der Waals surface area (Å²) in [6, 6.07) is 0. The summed E-state index contributed by atoms with van der Waals surface area (Å²) in [6.45, 7) is 3.51. The Balaban J connectivity index is 1.77. The Bertz CT molecular complexity index is 1050. The van der Waals surface area contributed by atoms with Crippen molar-refractivity contribution >= 4 is 27.5 Å². The highest BCUT2D eigenvalue weighted by Crippen LogP contribution is 2.32. The number of thiophene rings is 1. The number of hydrogen-bond acceptors (Lipinski definition) is 6. The van der Waals surface area contributed by atoms with Gasteiger partial charge >= 0.3 is 0 Å². The van der Waals surface area contributed by atoms with E-state index in [1.54, 1.807) is 25.2 Å². The van der Waals surface area contributed by atoms with Gasteiger partial charge in [-0.15, -0.1) is 11.3 Å². The van der Waals surface area contributed by atoms with Gasteiger partial charge in [-0.1, -0.05) is 6.42 Å². The minimum atomic E-state index is -0.481. The van der Waals surface area contributed by atoms with Crippen LogP contribution in [-0.4, -0.2) is 25.5 Å². The highest BCUT2D eigenvalue weighted by Gasteiger charge is 2.21. The molecule has 0 aliphatic heterocycles. The molecule has 0 bridgehead atoms. The number of hydrogen-bond donors (Lipinski definition) is 1. The Labute approximate surface area is 154 Å². The van der Waals surface area contributed by atoms with Gasteiger partial charge in [0.15, 0.2) is 0 Å². The number of carbonyl (C=O) groups is 1. The van der Waals surface area contributed by atoms with E-state index in [9.17, 15) is 9.59 Å². The van der Waals surface area contributed by atoms with Gasteiger partial charge in [-0.05, 0) is 45.1 Å². The van der Waals surface area contributed by atoms with E-state index in [-0.39, 0.29) is 11.3 Å². The third-order valence-electron chi connectivity index (χ3n) is 4.63. The van der Waals surface area contributed by atoms with Crippen molar-refractivity contribution < 1.29 is 4.79 Å². The Morgan fingerprint density at radius 1 is 1.15 bits per heavy atom. The molecule has 1 N–H and O–H groups in total. The van der Waals surface area contributed by atoms with E-state index in [2.05, 4.69) is 20.4 Å².